The molecule has 4 aromatic rings. The normalized spacial score (nSPS) is 14.4. The summed E-state index contributed by atoms with van der Waals surface area (Å²) in [5.74, 6) is 0.679. The number of hydrogen-bond acceptors (Lipinski definition) is 5. The average Bonchev–Trinajstić information content (AvgIpc) is 3.45. The summed E-state index contributed by atoms with van der Waals surface area (Å²) in [6, 6.07) is 13.5. The molecular weight excluding hydrogens is 390 g/mol. The van der Waals surface area contributed by atoms with Crippen molar-refractivity contribution in [1.82, 2.24) is 24.6 Å². The van der Waals surface area contributed by atoms with Crippen LogP contribution in [0, 0.1) is 0 Å². The van der Waals surface area contributed by atoms with Gasteiger partial charge < -0.3 is 19.4 Å². The molecule has 1 aliphatic heterocycles. The summed E-state index contributed by atoms with van der Waals surface area (Å²) >= 11 is 0. The van der Waals surface area contributed by atoms with Gasteiger partial charge >= 0.3 is 0 Å². The predicted octanol–water partition coefficient (Wildman–Crippen LogP) is 3.38. The van der Waals surface area contributed by atoms with Gasteiger partial charge in [0.2, 0.25) is 0 Å². The van der Waals surface area contributed by atoms with E-state index in [2.05, 4.69) is 20.2 Å². The first kappa shape index (κ1) is 19.5. The number of carbonyl (C=O) groups is 1. The summed E-state index contributed by atoms with van der Waals surface area (Å²) < 4.78 is 7.24. The molecule has 7 nitrogen and oxygen atoms in total. The highest BCUT2D eigenvalue weighted by atomic mass is 16.5. The van der Waals surface area contributed by atoms with Crippen LogP contribution in [0.2, 0.25) is 0 Å². The maximum atomic E-state index is 13.4. The van der Waals surface area contributed by atoms with E-state index in [1.807, 2.05) is 53.1 Å². The molecule has 31 heavy (non-hydrogen) atoms. The number of nitrogens with one attached hydrogen (secondary N) is 1. The van der Waals surface area contributed by atoms with Crippen LogP contribution in [0.3, 0.4) is 0 Å². The fourth-order valence-corrected chi connectivity index (χ4v) is 4.37. The Labute approximate surface area is 180 Å². The minimum atomic E-state index is -0.0949. The van der Waals surface area contributed by atoms with Crippen molar-refractivity contribution in [3.8, 4) is 17.0 Å². The molecule has 0 unspecified atom stereocenters. The maximum absolute atomic E-state index is 13.4. The van der Waals surface area contributed by atoms with Gasteiger partial charge in [-0.2, -0.15) is 0 Å². The van der Waals surface area contributed by atoms with Crippen LogP contribution in [-0.4, -0.2) is 58.5 Å². The lowest BCUT2D eigenvalue weighted by molar-refractivity contribution is 0.0953. The van der Waals surface area contributed by atoms with E-state index < -0.39 is 0 Å². The van der Waals surface area contributed by atoms with Crippen molar-refractivity contribution in [2.24, 2.45) is 0 Å². The minimum absolute atomic E-state index is 0.0949. The van der Waals surface area contributed by atoms with E-state index in [0.29, 0.717) is 12.1 Å². The lowest BCUT2D eigenvalue weighted by Gasteiger charge is -2.14. The Kier molecular flexibility index (Phi) is 5.26. The number of likely N-dealkylation sites (tertiary alicyclic amines) is 1. The zero-order chi connectivity index (χ0) is 21.2. The number of methoxy groups -OCH3 is 1. The molecular formula is C24H25N5O2. The summed E-state index contributed by atoms with van der Waals surface area (Å²) in [5, 5.41) is 3.89. The van der Waals surface area contributed by atoms with Crippen LogP contribution < -0.4 is 10.1 Å². The van der Waals surface area contributed by atoms with Gasteiger partial charge in [-0.25, -0.2) is 9.97 Å². The maximum Gasteiger partial charge on any atom is 0.254 e. The van der Waals surface area contributed by atoms with Gasteiger partial charge in [-0.3, -0.25) is 4.79 Å². The number of pyridine rings is 1. The minimum Gasteiger partial charge on any atom is -0.497 e. The molecule has 0 aliphatic carbocycles. The van der Waals surface area contributed by atoms with Crippen LogP contribution in [0.25, 0.3) is 27.8 Å². The largest absolute Gasteiger partial charge is 0.497 e. The standard InChI is InChI=1S/C24H25N5O2/c1-31-18-9-7-17(8-10-18)22-21-20(24(30)25-11-15-28-12-4-5-13-28)19-6-2-3-14-29(19)23(21)27-16-26-22/h2-3,6-10,14,16H,4-5,11-13,15H2,1H3,(H,25,30). The molecule has 1 aliphatic rings. The first-order chi connectivity index (χ1) is 15.3. The summed E-state index contributed by atoms with van der Waals surface area (Å²) in [6.07, 6.45) is 5.97. The third-order valence-electron chi connectivity index (χ3n) is 5.92. The van der Waals surface area contributed by atoms with Gasteiger partial charge in [-0.15, -0.1) is 0 Å². The van der Waals surface area contributed by atoms with Crippen LogP contribution in [0.15, 0.2) is 55.0 Å². The van der Waals surface area contributed by atoms with Crippen LogP contribution in [0.5, 0.6) is 5.75 Å². The predicted molar refractivity (Wildman–Crippen MR) is 120 cm³/mol. The van der Waals surface area contributed by atoms with Crippen molar-refractivity contribution in [3.63, 3.8) is 0 Å². The van der Waals surface area contributed by atoms with E-state index >= 15 is 0 Å². The van der Waals surface area contributed by atoms with Gasteiger partial charge in [0.1, 0.15) is 17.7 Å². The molecule has 4 heterocycles. The molecule has 1 fully saturated rings. The summed E-state index contributed by atoms with van der Waals surface area (Å²) in [4.78, 5) is 24.8. The molecule has 1 saturated heterocycles. The van der Waals surface area contributed by atoms with Gasteiger partial charge in [0.15, 0.2) is 0 Å². The van der Waals surface area contributed by atoms with Gasteiger partial charge in [0.05, 0.1) is 29.3 Å². The third-order valence-corrected chi connectivity index (χ3v) is 5.92. The van der Waals surface area contributed by atoms with Gasteiger partial charge in [-0.05, 0) is 62.3 Å². The van der Waals surface area contributed by atoms with Crippen molar-refractivity contribution in [2.45, 2.75) is 12.8 Å². The lowest BCUT2D eigenvalue weighted by Crippen LogP contribution is -2.33. The molecule has 5 rings (SSSR count). The van der Waals surface area contributed by atoms with Gasteiger partial charge in [-0.1, -0.05) is 6.07 Å². The van der Waals surface area contributed by atoms with Crippen molar-refractivity contribution in [1.29, 1.82) is 0 Å². The molecule has 1 N–H and O–H groups in total. The second kappa shape index (κ2) is 8.35. The van der Waals surface area contributed by atoms with Crippen molar-refractivity contribution in [3.05, 3.63) is 60.6 Å². The Bertz CT molecular complexity index is 1230. The van der Waals surface area contributed by atoms with E-state index in [1.165, 1.54) is 12.8 Å². The van der Waals surface area contributed by atoms with Crippen molar-refractivity contribution in [2.75, 3.05) is 33.3 Å². The molecule has 158 valence electrons. The lowest BCUT2D eigenvalue weighted by atomic mass is 10.0. The molecule has 1 amide bonds. The van der Waals surface area contributed by atoms with E-state index in [9.17, 15) is 4.79 Å². The first-order valence-electron chi connectivity index (χ1n) is 10.6. The Hall–Kier alpha value is -3.45. The van der Waals surface area contributed by atoms with E-state index in [-0.39, 0.29) is 5.91 Å². The van der Waals surface area contributed by atoms with Crippen molar-refractivity contribution < 1.29 is 9.53 Å². The number of aromatic nitrogens is 3. The number of fused-ring (bicyclic) bond motifs is 3. The summed E-state index contributed by atoms with van der Waals surface area (Å²) in [6.45, 7) is 3.72. The van der Waals surface area contributed by atoms with Crippen LogP contribution >= 0.6 is 0 Å². The highest BCUT2D eigenvalue weighted by molar-refractivity contribution is 6.16. The Balaban J connectivity index is 1.58. The number of amides is 1. The second-order valence-corrected chi connectivity index (χ2v) is 7.78. The SMILES string of the molecule is COc1ccc(-c2ncnc3c2c(C(=O)NCCN2CCCC2)c2ccccn23)cc1. The zero-order valence-electron chi connectivity index (χ0n) is 17.5. The van der Waals surface area contributed by atoms with Crippen LogP contribution in [-0.2, 0) is 0 Å². The molecule has 7 heteroatoms. The number of benzene rings is 1. The summed E-state index contributed by atoms with van der Waals surface area (Å²) in [7, 11) is 1.64. The highest BCUT2D eigenvalue weighted by Crippen LogP contribution is 2.33. The Morgan fingerprint density at radius 1 is 1.10 bits per heavy atom. The van der Waals surface area contributed by atoms with Gasteiger partial charge in [0, 0.05) is 24.8 Å². The monoisotopic (exact) mass is 415 g/mol. The topological polar surface area (TPSA) is 71.8 Å². The van der Waals surface area contributed by atoms with Gasteiger partial charge in [0.25, 0.3) is 5.91 Å². The molecule has 3 aromatic heterocycles. The number of nitrogens with zero attached hydrogens (tertiary/aromatic N) is 4. The quantitative estimate of drug-likeness (QED) is 0.523. The van der Waals surface area contributed by atoms with E-state index in [4.69, 9.17) is 4.74 Å². The molecule has 1 aromatic carbocycles. The molecule has 0 spiro atoms. The number of carbonyl (C=O) groups excluding carboxylic acids is 1. The van der Waals surface area contributed by atoms with Crippen LogP contribution in [0.4, 0.5) is 0 Å². The Morgan fingerprint density at radius 3 is 2.68 bits per heavy atom. The fraction of sp³-hybridized carbons (Fsp3) is 0.292. The van der Waals surface area contributed by atoms with Crippen molar-refractivity contribution >= 4 is 22.5 Å². The average molecular weight is 415 g/mol. The Morgan fingerprint density at radius 2 is 1.90 bits per heavy atom. The molecule has 0 saturated carbocycles. The molecule has 0 atom stereocenters. The highest BCUT2D eigenvalue weighted by Gasteiger charge is 2.23. The van der Waals surface area contributed by atoms with E-state index in [1.54, 1.807) is 13.4 Å². The number of ether oxygens (including phenoxy) is 1. The first-order valence-corrected chi connectivity index (χ1v) is 10.6. The van der Waals surface area contributed by atoms with E-state index in [0.717, 1.165) is 53.2 Å². The number of hydrogen-bond donors (Lipinski definition) is 1. The third kappa shape index (κ3) is 3.61. The van der Waals surface area contributed by atoms with Crippen LogP contribution in [0.1, 0.15) is 23.2 Å². The molecule has 0 radical (unpaired) electrons. The summed E-state index contributed by atoms with van der Waals surface area (Å²) in [5.41, 5.74) is 3.81. The second-order valence-electron chi connectivity index (χ2n) is 7.78. The smallest absolute Gasteiger partial charge is 0.254 e. The molecule has 0 bridgehead atoms. The zero-order valence-corrected chi connectivity index (χ0v) is 17.5. The number of rotatable bonds is 6. The fourth-order valence-electron chi connectivity index (χ4n) is 4.37.